The molecule has 8 heteroatoms. The number of thiophene rings is 1. The van der Waals surface area contributed by atoms with Crippen LogP contribution in [0.5, 0.6) is 0 Å². The van der Waals surface area contributed by atoms with Gasteiger partial charge < -0.3 is 10.0 Å². The van der Waals surface area contributed by atoms with Crippen molar-refractivity contribution in [2.45, 2.75) is 25.4 Å². The van der Waals surface area contributed by atoms with Gasteiger partial charge in [0.2, 0.25) is 0 Å². The molecule has 2 rings (SSSR count). The van der Waals surface area contributed by atoms with Crippen LogP contribution < -0.4 is 0 Å². The highest BCUT2D eigenvalue weighted by molar-refractivity contribution is 9.10. The fourth-order valence-electron chi connectivity index (χ4n) is 2.08. The highest BCUT2D eigenvalue weighted by atomic mass is 79.9. The molecule has 0 bridgehead atoms. The van der Waals surface area contributed by atoms with E-state index < -0.39 is 18.7 Å². The molecule has 0 unspecified atom stereocenters. The summed E-state index contributed by atoms with van der Waals surface area (Å²) in [5.41, 5.74) is 0.827. The molecule has 106 valence electrons. The second-order valence-corrected chi connectivity index (χ2v) is 6.29. The molecule has 1 amide bonds. The van der Waals surface area contributed by atoms with Gasteiger partial charge in [-0.25, -0.2) is 4.79 Å². The van der Waals surface area contributed by atoms with E-state index in [-0.39, 0.29) is 4.88 Å². The van der Waals surface area contributed by atoms with E-state index in [2.05, 4.69) is 15.9 Å². The Morgan fingerprint density at radius 3 is 2.58 bits per heavy atom. The summed E-state index contributed by atoms with van der Waals surface area (Å²) in [6, 6.07) is 0. The monoisotopic (exact) mass is 357 g/mol. The molecule has 1 aromatic heterocycles. The molecule has 2 heterocycles. The number of carbonyl (C=O) groups is 1. The Morgan fingerprint density at radius 1 is 1.37 bits per heavy atom. The molecule has 19 heavy (non-hydrogen) atoms. The number of carboxylic acid groups (broad SMARTS) is 1. The number of fused-ring (bicyclic) bond motifs is 1. The van der Waals surface area contributed by atoms with Gasteiger partial charge in [-0.05, 0) is 34.3 Å². The van der Waals surface area contributed by atoms with Crippen molar-refractivity contribution in [1.82, 2.24) is 4.90 Å². The Kier molecular flexibility index (Phi) is 4.10. The molecule has 0 spiro atoms. The van der Waals surface area contributed by atoms with Crippen molar-refractivity contribution in [1.29, 1.82) is 0 Å². The summed E-state index contributed by atoms with van der Waals surface area (Å²) in [5.74, 6) is 0. The van der Waals surface area contributed by atoms with Crippen LogP contribution in [0.4, 0.5) is 18.0 Å². The van der Waals surface area contributed by atoms with Crippen LogP contribution in [0, 0.1) is 0 Å². The predicted octanol–water partition coefficient (Wildman–Crippen LogP) is 3.69. The first-order valence-corrected chi connectivity index (χ1v) is 7.22. The molecule has 0 fully saturated rings. The summed E-state index contributed by atoms with van der Waals surface area (Å²) in [6.07, 6.45) is -5.21. The molecule has 1 aromatic rings. The Bertz CT molecular complexity index is 501. The molecule has 0 saturated carbocycles. The number of nitrogens with zero attached hydrogens (tertiary/aromatic N) is 1. The lowest BCUT2D eigenvalue weighted by Gasteiger charge is -2.15. The average Bonchev–Trinajstić information content (AvgIpc) is 2.48. The fourth-order valence-corrected chi connectivity index (χ4v) is 4.30. The van der Waals surface area contributed by atoms with Crippen LogP contribution in [0.1, 0.15) is 15.3 Å². The van der Waals surface area contributed by atoms with Crippen molar-refractivity contribution in [3.8, 4) is 0 Å². The van der Waals surface area contributed by atoms with Crippen LogP contribution in [-0.4, -0.2) is 35.4 Å². The van der Waals surface area contributed by atoms with E-state index in [1.807, 2.05) is 0 Å². The number of rotatable bonds is 1. The van der Waals surface area contributed by atoms with Crippen molar-refractivity contribution >= 4 is 33.4 Å². The quantitative estimate of drug-likeness (QED) is 0.832. The van der Waals surface area contributed by atoms with Crippen LogP contribution in [-0.2, 0) is 19.3 Å². The third-order valence-electron chi connectivity index (χ3n) is 2.96. The smallest absolute Gasteiger partial charge is 0.407 e. The lowest BCUT2D eigenvalue weighted by Crippen LogP contribution is -2.31. The van der Waals surface area contributed by atoms with Crippen LogP contribution in [0.15, 0.2) is 4.47 Å². The molecular weight excluding hydrogens is 347 g/mol. The standard InChI is InChI=1S/C11H11BrF3NO2S/c12-9-6-1-3-16(10(17)18)4-2-7(6)19-8(9)5-11(13,14)15/h1-5H2,(H,17,18). The van der Waals surface area contributed by atoms with Crippen molar-refractivity contribution in [3.63, 3.8) is 0 Å². The fraction of sp³-hybridized carbons (Fsp3) is 0.545. The Morgan fingerprint density at radius 2 is 2.00 bits per heavy atom. The first kappa shape index (κ1) is 14.6. The van der Waals surface area contributed by atoms with E-state index in [1.54, 1.807) is 0 Å². The largest absolute Gasteiger partial charge is 0.465 e. The zero-order valence-electron chi connectivity index (χ0n) is 9.76. The van der Waals surface area contributed by atoms with Gasteiger partial charge in [0.1, 0.15) is 0 Å². The van der Waals surface area contributed by atoms with Gasteiger partial charge in [0.25, 0.3) is 0 Å². The first-order valence-electron chi connectivity index (χ1n) is 5.61. The first-order chi connectivity index (χ1) is 8.78. The van der Waals surface area contributed by atoms with Gasteiger partial charge in [-0.15, -0.1) is 11.3 Å². The number of alkyl halides is 3. The van der Waals surface area contributed by atoms with E-state index >= 15 is 0 Å². The maximum Gasteiger partial charge on any atom is 0.407 e. The predicted molar refractivity (Wildman–Crippen MR) is 68.8 cm³/mol. The molecule has 1 aliphatic heterocycles. The Balaban J connectivity index is 2.21. The van der Waals surface area contributed by atoms with Crippen molar-refractivity contribution in [3.05, 3.63) is 19.8 Å². The van der Waals surface area contributed by atoms with Gasteiger partial charge in [0.15, 0.2) is 0 Å². The Hall–Kier alpha value is -0.760. The lowest BCUT2D eigenvalue weighted by atomic mass is 10.1. The van der Waals surface area contributed by atoms with Crippen LogP contribution >= 0.6 is 27.3 Å². The highest BCUT2D eigenvalue weighted by Crippen LogP contribution is 2.38. The minimum atomic E-state index is -4.22. The molecule has 1 aliphatic rings. The summed E-state index contributed by atoms with van der Waals surface area (Å²) in [7, 11) is 0. The number of hydrogen-bond acceptors (Lipinski definition) is 2. The zero-order chi connectivity index (χ0) is 14.2. The topological polar surface area (TPSA) is 40.5 Å². The minimum absolute atomic E-state index is 0.279. The number of halogens is 4. The average molecular weight is 358 g/mol. The number of amides is 1. The van der Waals surface area contributed by atoms with Crippen LogP contribution in [0.25, 0.3) is 0 Å². The van der Waals surface area contributed by atoms with E-state index in [1.165, 1.54) is 4.90 Å². The summed E-state index contributed by atoms with van der Waals surface area (Å²) in [6.45, 7) is 0.657. The molecule has 1 N–H and O–H groups in total. The molecular formula is C11H11BrF3NO2S. The van der Waals surface area contributed by atoms with Crippen molar-refractivity contribution in [2.75, 3.05) is 13.1 Å². The van der Waals surface area contributed by atoms with Gasteiger partial charge in [0.05, 0.1) is 6.42 Å². The normalized spacial score (nSPS) is 16.1. The summed E-state index contributed by atoms with van der Waals surface area (Å²) >= 11 is 4.36. The number of hydrogen-bond donors (Lipinski definition) is 1. The second kappa shape index (κ2) is 5.32. The van der Waals surface area contributed by atoms with Gasteiger partial charge in [-0.3, -0.25) is 0 Å². The van der Waals surface area contributed by atoms with Gasteiger partial charge >= 0.3 is 12.3 Å². The van der Waals surface area contributed by atoms with E-state index in [0.717, 1.165) is 21.8 Å². The van der Waals surface area contributed by atoms with Crippen LogP contribution in [0.2, 0.25) is 0 Å². The Labute approximate surface area is 120 Å². The van der Waals surface area contributed by atoms with Crippen LogP contribution in [0.3, 0.4) is 0 Å². The molecule has 0 aromatic carbocycles. The van der Waals surface area contributed by atoms with E-state index in [0.29, 0.717) is 30.4 Å². The van der Waals surface area contributed by atoms with E-state index in [4.69, 9.17) is 5.11 Å². The molecule has 0 radical (unpaired) electrons. The zero-order valence-corrected chi connectivity index (χ0v) is 12.2. The summed E-state index contributed by atoms with van der Waals surface area (Å²) in [5, 5.41) is 8.93. The maximum atomic E-state index is 12.4. The third kappa shape index (κ3) is 3.42. The summed E-state index contributed by atoms with van der Waals surface area (Å²) in [4.78, 5) is 13.3. The maximum absolute atomic E-state index is 12.4. The van der Waals surface area contributed by atoms with E-state index in [9.17, 15) is 18.0 Å². The van der Waals surface area contributed by atoms with Gasteiger partial charge in [0, 0.05) is 27.3 Å². The third-order valence-corrected chi connectivity index (χ3v) is 5.48. The molecule has 3 nitrogen and oxygen atoms in total. The SMILES string of the molecule is O=C(O)N1CCc2sc(CC(F)(F)F)c(Br)c2CC1. The molecule has 0 saturated heterocycles. The summed E-state index contributed by atoms with van der Waals surface area (Å²) < 4.78 is 37.8. The van der Waals surface area contributed by atoms with Gasteiger partial charge in [-0.2, -0.15) is 13.2 Å². The van der Waals surface area contributed by atoms with Crippen molar-refractivity contribution < 1.29 is 23.1 Å². The lowest BCUT2D eigenvalue weighted by molar-refractivity contribution is -0.126. The molecule has 0 atom stereocenters. The second-order valence-electron chi connectivity index (χ2n) is 4.30. The van der Waals surface area contributed by atoms with Crippen molar-refractivity contribution in [2.24, 2.45) is 0 Å². The van der Waals surface area contributed by atoms with Gasteiger partial charge in [-0.1, -0.05) is 0 Å². The minimum Gasteiger partial charge on any atom is -0.465 e. The molecule has 0 aliphatic carbocycles. The highest BCUT2D eigenvalue weighted by Gasteiger charge is 2.32.